The Bertz CT molecular complexity index is 1430. The van der Waals surface area contributed by atoms with Gasteiger partial charge in [0.05, 0.1) is 24.9 Å². The van der Waals surface area contributed by atoms with Gasteiger partial charge in [-0.15, -0.1) is 0 Å². The van der Waals surface area contributed by atoms with Crippen molar-refractivity contribution >= 4 is 42.6 Å². The van der Waals surface area contributed by atoms with Crippen LogP contribution in [0, 0.1) is 0 Å². The molecule has 50 heavy (non-hydrogen) atoms. The number of benzene rings is 2. The van der Waals surface area contributed by atoms with E-state index in [0.717, 1.165) is 31.1 Å². The highest BCUT2D eigenvalue weighted by molar-refractivity contribution is 6.99. The molecule has 0 saturated carbocycles. The van der Waals surface area contributed by atoms with Crippen molar-refractivity contribution in [3.05, 3.63) is 60.7 Å². The van der Waals surface area contributed by atoms with E-state index in [-0.39, 0.29) is 24.7 Å². The van der Waals surface area contributed by atoms with Crippen molar-refractivity contribution in [2.24, 2.45) is 0 Å². The molecule has 2 aliphatic rings. The lowest BCUT2D eigenvalue weighted by Crippen LogP contribution is -2.67. The zero-order chi connectivity index (χ0) is 36.8. The molecule has 0 bridgehead atoms. The first-order valence-corrected chi connectivity index (χ1v) is 18.6. The van der Waals surface area contributed by atoms with Gasteiger partial charge in [0.15, 0.2) is 18.3 Å². The van der Waals surface area contributed by atoms with Crippen molar-refractivity contribution in [1.82, 2.24) is 5.32 Å². The largest absolute Gasteiger partial charge is 0.463 e. The van der Waals surface area contributed by atoms with Crippen LogP contribution >= 0.6 is 0 Å². The second kappa shape index (κ2) is 16.6. The normalized spacial score (nSPS) is 28.4. The zero-order valence-electron chi connectivity index (χ0n) is 29.6. The average molecular weight is 716 g/mol. The number of carbonyl (C=O) groups is 4. The maximum absolute atomic E-state index is 12.3. The molecule has 0 amide bonds. The van der Waals surface area contributed by atoms with Crippen LogP contribution in [0.4, 0.5) is 0 Å². The summed E-state index contributed by atoms with van der Waals surface area (Å²) in [6, 6.07) is 18.5. The van der Waals surface area contributed by atoms with E-state index in [1.165, 1.54) is 6.92 Å². The Kier molecular flexibility index (Phi) is 13.0. The second-order valence-electron chi connectivity index (χ2n) is 13.8. The number of ether oxygens (including phenoxy) is 5. The van der Waals surface area contributed by atoms with Crippen LogP contribution < -0.4 is 15.7 Å². The average Bonchev–Trinajstić information content (AvgIpc) is 3.30. The summed E-state index contributed by atoms with van der Waals surface area (Å²) in [6.07, 6.45) is -8.69. The van der Waals surface area contributed by atoms with Gasteiger partial charge >= 0.3 is 23.9 Å². The van der Waals surface area contributed by atoms with Crippen LogP contribution in [-0.4, -0.2) is 110 Å². The van der Waals surface area contributed by atoms with Crippen molar-refractivity contribution in [2.45, 2.75) is 115 Å². The van der Waals surface area contributed by atoms with Crippen LogP contribution in [-0.2, 0) is 47.3 Å². The molecule has 2 heterocycles. The third kappa shape index (κ3) is 8.97. The van der Waals surface area contributed by atoms with Gasteiger partial charge in [-0.1, -0.05) is 81.4 Å². The molecule has 14 heteroatoms. The number of hydrogen-bond donors (Lipinski definition) is 3. The van der Waals surface area contributed by atoms with E-state index >= 15 is 0 Å². The van der Waals surface area contributed by atoms with Gasteiger partial charge in [-0.3, -0.25) is 19.2 Å². The van der Waals surface area contributed by atoms with Gasteiger partial charge in [0.2, 0.25) is 0 Å². The number of aliphatic hydroxyl groups excluding tert-OH is 2. The second-order valence-corrected chi connectivity index (χ2v) is 18.1. The monoisotopic (exact) mass is 715 g/mol. The molecule has 274 valence electrons. The maximum Gasteiger partial charge on any atom is 0.303 e. The van der Waals surface area contributed by atoms with Crippen LogP contribution in [0.1, 0.15) is 54.9 Å². The van der Waals surface area contributed by atoms with Crippen LogP contribution in [0.5, 0.6) is 0 Å². The fourth-order valence-electron chi connectivity index (χ4n) is 7.04. The zero-order valence-corrected chi connectivity index (χ0v) is 30.6. The Morgan fingerprint density at radius 1 is 0.680 bits per heavy atom. The molecule has 13 nitrogen and oxygen atoms in total. The van der Waals surface area contributed by atoms with Crippen LogP contribution in [0.3, 0.4) is 0 Å². The summed E-state index contributed by atoms with van der Waals surface area (Å²) < 4.78 is 35.1. The van der Waals surface area contributed by atoms with Gasteiger partial charge in [-0.2, -0.15) is 0 Å². The number of hydrogen-bond acceptors (Lipinski definition) is 13. The quantitative estimate of drug-likeness (QED) is 0.162. The molecular weight excluding hydrogens is 666 g/mol. The summed E-state index contributed by atoms with van der Waals surface area (Å²) in [6.45, 7) is 10.8. The Labute approximate surface area is 293 Å². The standard InChI is InChI=1S/C36H49NO12Si/c1-21(38)44-20-30-34(47-23(3)40)35(48-24(4)41)33(46-22(2)39)29(49-30)18-27-31(42)32(43)28(37-27)19-45-50(36(5,6)7,25-14-10-8-11-15-25)26-16-12-9-13-17-26/h8-17,27-35,37,42-43H,18-20H2,1-7H3/t27-,28-,29-,30-,31-,32-,33+,34-,35-/m1/s1. The van der Waals surface area contributed by atoms with Gasteiger partial charge in [-0.05, 0) is 21.8 Å². The van der Waals surface area contributed by atoms with Gasteiger partial charge in [0.1, 0.15) is 18.8 Å². The number of rotatable bonds is 12. The topological polar surface area (TPSA) is 176 Å². The summed E-state index contributed by atoms with van der Waals surface area (Å²) in [7, 11) is -2.98. The van der Waals surface area contributed by atoms with Gasteiger partial charge in [0.25, 0.3) is 8.32 Å². The highest BCUT2D eigenvalue weighted by atomic mass is 28.4. The van der Waals surface area contributed by atoms with Crippen molar-refractivity contribution in [3.63, 3.8) is 0 Å². The van der Waals surface area contributed by atoms with E-state index in [1.54, 1.807) is 0 Å². The molecule has 0 unspecified atom stereocenters. The van der Waals surface area contributed by atoms with Crippen molar-refractivity contribution < 1.29 is 57.5 Å². The summed E-state index contributed by atoms with van der Waals surface area (Å²) in [5.41, 5.74) is 0. The molecule has 0 aliphatic carbocycles. The molecule has 2 aliphatic heterocycles. The number of carbonyl (C=O) groups excluding carboxylic acids is 4. The van der Waals surface area contributed by atoms with E-state index in [1.807, 2.05) is 36.4 Å². The minimum Gasteiger partial charge on any atom is -0.463 e. The lowest BCUT2D eigenvalue weighted by Gasteiger charge is -2.45. The molecule has 2 aromatic carbocycles. The van der Waals surface area contributed by atoms with Gasteiger partial charge in [-0.25, -0.2) is 0 Å². The Hall–Kier alpha value is -3.66. The molecule has 4 rings (SSSR count). The molecule has 0 spiro atoms. The molecule has 3 N–H and O–H groups in total. The first-order chi connectivity index (χ1) is 23.5. The predicted molar refractivity (Wildman–Crippen MR) is 183 cm³/mol. The molecule has 9 atom stereocenters. The van der Waals surface area contributed by atoms with E-state index in [9.17, 15) is 29.4 Å². The fraction of sp³-hybridized carbons (Fsp3) is 0.556. The summed E-state index contributed by atoms with van der Waals surface area (Å²) in [4.78, 5) is 48.3. The minimum absolute atomic E-state index is 0.0486. The van der Waals surface area contributed by atoms with Crippen molar-refractivity contribution in [2.75, 3.05) is 13.2 Å². The summed E-state index contributed by atoms with van der Waals surface area (Å²) >= 11 is 0. The van der Waals surface area contributed by atoms with Crippen LogP contribution in [0.15, 0.2) is 60.7 Å². The maximum atomic E-state index is 12.3. The number of nitrogens with one attached hydrogen (secondary N) is 1. The lowest BCUT2D eigenvalue weighted by molar-refractivity contribution is -0.254. The van der Waals surface area contributed by atoms with Crippen LogP contribution in [0.2, 0.25) is 5.04 Å². The molecule has 0 radical (unpaired) electrons. The molecular formula is C36H49NO12Si. The predicted octanol–water partition coefficient (Wildman–Crippen LogP) is 1.14. The Morgan fingerprint density at radius 3 is 1.60 bits per heavy atom. The van der Waals surface area contributed by atoms with E-state index in [2.05, 4.69) is 50.4 Å². The fourth-order valence-corrected chi connectivity index (χ4v) is 11.6. The lowest BCUT2D eigenvalue weighted by atomic mass is 9.90. The number of esters is 4. The highest BCUT2D eigenvalue weighted by Gasteiger charge is 2.55. The first kappa shape index (κ1) is 39.1. The summed E-state index contributed by atoms with van der Waals surface area (Å²) in [5, 5.41) is 27.7. The van der Waals surface area contributed by atoms with Crippen molar-refractivity contribution in [1.29, 1.82) is 0 Å². The van der Waals surface area contributed by atoms with E-state index < -0.39 is 87.0 Å². The van der Waals surface area contributed by atoms with Crippen molar-refractivity contribution in [3.8, 4) is 0 Å². The third-order valence-corrected chi connectivity index (χ3v) is 14.1. The van der Waals surface area contributed by atoms with Gasteiger partial charge in [0, 0.05) is 33.7 Å². The molecule has 2 aromatic rings. The SMILES string of the molecule is CC(=O)OC[C@H]1O[C@H](C[C@H]2N[C@H](CO[Si](c3ccccc3)(c3ccccc3)C(C)(C)C)[C@@H](O)[C@@H]2O)[C@H](OC(C)=O)[C@@H](OC(C)=O)[C@@H]1OC(C)=O. The van der Waals surface area contributed by atoms with E-state index in [0.29, 0.717) is 0 Å². The van der Waals surface area contributed by atoms with Crippen LogP contribution in [0.25, 0.3) is 0 Å². The van der Waals surface area contributed by atoms with Gasteiger partial charge < -0.3 is 43.6 Å². The molecule has 2 saturated heterocycles. The number of aliphatic hydroxyl groups is 2. The Balaban J connectivity index is 1.63. The Morgan fingerprint density at radius 2 is 1.14 bits per heavy atom. The smallest absolute Gasteiger partial charge is 0.303 e. The third-order valence-electron chi connectivity index (χ3n) is 9.07. The van der Waals surface area contributed by atoms with E-state index in [4.69, 9.17) is 28.1 Å². The first-order valence-electron chi connectivity index (χ1n) is 16.7. The molecule has 2 fully saturated rings. The molecule has 0 aromatic heterocycles. The summed E-state index contributed by atoms with van der Waals surface area (Å²) in [5.74, 6) is -2.83. The minimum atomic E-state index is -2.98. The highest BCUT2D eigenvalue weighted by Crippen LogP contribution is 2.38.